The van der Waals surface area contributed by atoms with Gasteiger partial charge in [-0.1, -0.05) is 13.8 Å². The molecule has 11 N–H and O–H groups in total. The van der Waals surface area contributed by atoms with Crippen LogP contribution < -0.4 is 37.6 Å². The highest BCUT2D eigenvalue weighted by molar-refractivity contribution is 5.98. The number of carbonyl (C=O) groups is 12. The van der Waals surface area contributed by atoms with Gasteiger partial charge in [-0.2, -0.15) is 0 Å². The second-order valence-corrected chi connectivity index (χ2v) is 17.6. The largest absolute Gasteiger partial charge is 0.481 e. The molecule has 0 unspecified atom stereocenters. The van der Waals surface area contributed by atoms with Crippen molar-refractivity contribution in [3.63, 3.8) is 0 Å². The lowest BCUT2D eigenvalue weighted by atomic mass is 10.0. The highest BCUT2D eigenvalue weighted by Gasteiger charge is 2.45. The first kappa shape index (κ1) is 54.9. The first-order valence-electron chi connectivity index (χ1n) is 22.5. The van der Waals surface area contributed by atoms with E-state index in [0.717, 1.165) is 0 Å². The number of hydrogen-bond acceptors (Lipinski definition) is 13. The van der Waals surface area contributed by atoms with Gasteiger partial charge in [-0.15, -0.1) is 0 Å². The SMILES string of the molecule is CC(C)C[C@H](NC(=O)[C@@H](N)CCC(=O)O)C(=O)N[C@@H](C)C(=O)NCC(=O)N[C@@H](C)C(=O)N1CCC[C@H]1C(=O)N1CCC[C@H]1C(=O)N[C@@H](CCC(=O)O)C(=O)N1CCC[C@H]1C(=O)N[C@@H](C)C(=O)O. The molecule has 25 nitrogen and oxygen atoms in total. The lowest BCUT2D eigenvalue weighted by Crippen LogP contribution is -2.58. The predicted molar refractivity (Wildman–Crippen MR) is 233 cm³/mol. The molecule has 3 fully saturated rings. The lowest BCUT2D eigenvalue weighted by molar-refractivity contribution is -0.148. The Balaban J connectivity index is 1.59. The molecule has 0 aliphatic carbocycles. The van der Waals surface area contributed by atoms with E-state index in [0.29, 0.717) is 19.3 Å². The summed E-state index contributed by atoms with van der Waals surface area (Å²) in [4.78, 5) is 157. The van der Waals surface area contributed by atoms with Crippen LogP contribution in [0.3, 0.4) is 0 Å². The van der Waals surface area contributed by atoms with Gasteiger partial charge in [0.25, 0.3) is 0 Å². The van der Waals surface area contributed by atoms with Crippen molar-refractivity contribution in [2.75, 3.05) is 26.2 Å². The van der Waals surface area contributed by atoms with Crippen molar-refractivity contribution in [3.8, 4) is 0 Å². The summed E-state index contributed by atoms with van der Waals surface area (Å²) < 4.78 is 0. The highest BCUT2D eigenvalue weighted by Crippen LogP contribution is 2.26. The number of hydrogen-bond donors (Lipinski definition) is 10. The molecule has 0 aromatic heterocycles. The Bertz CT molecular complexity index is 1900. The number of carboxylic acid groups (broad SMARTS) is 3. The normalized spacial score (nSPS) is 20.6. The zero-order valence-corrected chi connectivity index (χ0v) is 38.5. The molecule has 25 heteroatoms. The minimum absolute atomic E-state index is 0.0748. The third-order valence-corrected chi connectivity index (χ3v) is 11.8. The molecular weight excluding hydrogens is 885 g/mol. The average Bonchev–Trinajstić information content (AvgIpc) is 4.07. The number of carboxylic acids is 3. The van der Waals surface area contributed by atoms with Crippen LogP contribution in [0.4, 0.5) is 0 Å². The van der Waals surface area contributed by atoms with Crippen LogP contribution in [-0.2, 0) is 57.5 Å². The van der Waals surface area contributed by atoms with Crippen LogP contribution in [0.2, 0.25) is 0 Å². The standard InChI is InChI=1S/C42H66N10O15/c1-21(2)19-27(49-35(59)25(43)12-14-32(54)55)36(60)46-22(3)34(58)44-20-31(53)45-23(4)39(63)52-18-8-11-30(52)41(65)51-17-7-10-29(51)38(62)48-26(13-15-33(56)57)40(64)50-16-6-9-28(50)37(61)47-24(5)42(66)67/h21-30H,6-20,43H2,1-5H3,(H,44,58)(H,45,53)(H,46,60)(H,47,61)(H,48,62)(H,49,59)(H,54,55)(H,56,57)(H,66,67)/t22-,23-,24-,25-,26-,27-,28-,29-,30-/m0/s1. The van der Waals surface area contributed by atoms with E-state index in [4.69, 9.17) is 10.8 Å². The van der Waals surface area contributed by atoms with Gasteiger partial charge in [-0.05, 0) is 84.5 Å². The number of nitrogens with one attached hydrogen (secondary N) is 6. The van der Waals surface area contributed by atoms with Crippen molar-refractivity contribution >= 4 is 71.1 Å². The summed E-state index contributed by atoms with van der Waals surface area (Å²) >= 11 is 0. The number of carbonyl (C=O) groups excluding carboxylic acids is 9. The molecule has 0 spiro atoms. The Kier molecular flexibility index (Phi) is 20.9. The van der Waals surface area contributed by atoms with Crippen LogP contribution in [0.5, 0.6) is 0 Å². The van der Waals surface area contributed by atoms with Crippen LogP contribution >= 0.6 is 0 Å². The summed E-state index contributed by atoms with van der Waals surface area (Å²) in [5.74, 6) is -10.1. The van der Waals surface area contributed by atoms with E-state index < -0.39 is 138 Å². The maximum Gasteiger partial charge on any atom is 0.325 e. The van der Waals surface area contributed by atoms with Crippen molar-refractivity contribution in [3.05, 3.63) is 0 Å². The molecule has 0 aromatic rings. The lowest BCUT2D eigenvalue weighted by Gasteiger charge is -2.33. The Morgan fingerprint density at radius 2 is 1.07 bits per heavy atom. The van der Waals surface area contributed by atoms with Gasteiger partial charge in [0.05, 0.1) is 12.6 Å². The fourth-order valence-corrected chi connectivity index (χ4v) is 8.14. The van der Waals surface area contributed by atoms with Gasteiger partial charge in [-0.3, -0.25) is 57.5 Å². The summed E-state index contributed by atoms with van der Waals surface area (Å²) in [5.41, 5.74) is 5.78. The number of nitrogens with zero attached hydrogens (tertiary/aromatic N) is 3. The van der Waals surface area contributed by atoms with E-state index >= 15 is 0 Å². The Morgan fingerprint density at radius 3 is 1.64 bits per heavy atom. The second-order valence-electron chi connectivity index (χ2n) is 17.6. The minimum atomic E-state index is -1.39. The molecule has 0 aromatic carbocycles. The maximum atomic E-state index is 14.1. The quantitative estimate of drug-likeness (QED) is 0.0454. The van der Waals surface area contributed by atoms with Crippen LogP contribution in [0.1, 0.15) is 105 Å². The molecule has 67 heavy (non-hydrogen) atoms. The number of likely N-dealkylation sites (tertiary alicyclic amines) is 3. The summed E-state index contributed by atoms with van der Waals surface area (Å²) in [6.07, 6.45) is 0.688. The van der Waals surface area contributed by atoms with Crippen molar-refractivity contribution in [1.29, 1.82) is 0 Å². The van der Waals surface area contributed by atoms with Gasteiger partial charge < -0.3 is 67.7 Å². The third kappa shape index (κ3) is 16.2. The first-order valence-corrected chi connectivity index (χ1v) is 22.5. The molecule has 3 aliphatic rings. The fraction of sp³-hybridized carbons (Fsp3) is 0.714. The molecule has 3 rings (SSSR count). The Labute approximate surface area is 387 Å². The fourth-order valence-electron chi connectivity index (χ4n) is 8.14. The zero-order valence-electron chi connectivity index (χ0n) is 38.5. The van der Waals surface area contributed by atoms with E-state index in [1.165, 1.54) is 35.5 Å². The maximum absolute atomic E-state index is 14.1. The van der Waals surface area contributed by atoms with E-state index in [-0.39, 0.29) is 70.5 Å². The van der Waals surface area contributed by atoms with E-state index in [1.54, 1.807) is 13.8 Å². The van der Waals surface area contributed by atoms with Gasteiger partial charge in [0.2, 0.25) is 53.2 Å². The van der Waals surface area contributed by atoms with Crippen LogP contribution in [0, 0.1) is 5.92 Å². The summed E-state index contributed by atoms with van der Waals surface area (Å²) in [6, 6.07) is -10.4. The molecule has 0 radical (unpaired) electrons. The summed E-state index contributed by atoms with van der Waals surface area (Å²) in [5, 5.41) is 42.3. The molecule has 374 valence electrons. The molecule has 9 atom stereocenters. The predicted octanol–water partition coefficient (Wildman–Crippen LogP) is -3.25. The third-order valence-electron chi connectivity index (χ3n) is 11.8. The van der Waals surface area contributed by atoms with Gasteiger partial charge in [0.15, 0.2) is 0 Å². The zero-order chi connectivity index (χ0) is 50.3. The molecule has 3 saturated heterocycles. The molecular formula is C42H66N10O15. The number of amides is 9. The van der Waals surface area contributed by atoms with Gasteiger partial charge in [0.1, 0.15) is 48.3 Å². The first-order chi connectivity index (χ1) is 31.4. The highest BCUT2D eigenvalue weighted by atomic mass is 16.4. The van der Waals surface area contributed by atoms with E-state index in [1.807, 2.05) is 0 Å². The smallest absolute Gasteiger partial charge is 0.325 e. The van der Waals surface area contributed by atoms with Crippen molar-refractivity contribution in [2.24, 2.45) is 11.7 Å². The van der Waals surface area contributed by atoms with E-state index in [2.05, 4.69) is 31.9 Å². The molecule has 3 heterocycles. The van der Waals surface area contributed by atoms with Crippen molar-refractivity contribution in [1.82, 2.24) is 46.6 Å². The Hall–Kier alpha value is -6.40. The molecule has 0 bridgehead atoms. The summed E-state index contributed by atoms with van der Waals surface area (Å²) in [6.45, 7) is 7.39. The van der Waals surface area contributed by atoms with Gasteiger partial charge >= 0.3 is 17.9 Å². The molecule has 0 saturated carbocycles. The van der Waals surface area contributed by atoms with Gasteiger partial charge in [0, 0.05) is 32.5 Å². The minimum Gasteiger partial charge on any atom is -0.481 e. The van der Waals surface area contributed by atoms with Gasteiger partial charge in [-0.25, -0.2) is 0 Å². The van der Waals surface area contributed by atoms with Crippen LogP contribution in [0.15, 0.2) is 0 Å². The number of aliphatic carboxylic acids is 3. The topological polar surface area (TPSA) is 373 Å². The summed E-state index contributed by atoms with van der Waals surface area (Å²) in [7, 11) is 0. The number of nitrogens with two attached hydrogens (primary N) is 1. The second kappa shape index (κ2) is 25.5. The van der Waals surface area contributed by atoms with E-state index in [9.17, 15) is 67.7 Å². The molecule has 9 amide bonds. The number of rotatable bonds is 24. The van der Waals surface area contributed by atoms with Crippen molar-refractivity contribution in [2.45, 2.75) is 160 Å². The van der Waals surface area contributed by atoms with Crippen LogP contribution in [0.25, 0.3) is 0 Å². The van der Waals surface area contributed by atoms with Crippen molar-refractivity contribution < 1.29 is 72.9 Å². The van der Waals surface area contributed by atoms with Crippen LogP contribution in [-0.4, -0.2) is 182 Å². The Morgan fingerprint density at radius 1 is 0.552 bits per heavy atom. The monoisotopic (exact) mass is 950 g/mol. The molecule has 3 aliphatic heterocycles. The average molecular weight is 951 g/mol.